The SMILES string of the molecule is O=C(CCC1CNC1=O)OCc1ccccc1. The van der Waals surface area contributed by atoms with E-state index in [1.807, 2.05) is 30.3 Å². The molecule has 1 aliphatic rings. The molecule has 1 saturated heterocycles. The minimum atomic E-state index is -0.242. The third-order valence-electron chi connectivity index (χ3n) is 2.83. The fourth-order valence-corrected chi connectivity index (χ4v) is 1.67. The number of benzene rings is 1. The van der Waals surface area contributed by atoms with Crippen LogP contribution in [0.2, 0.25) is 0 Å². The predicted octanol–water partition coefficient (Wildman–Crippen LogP) is 1.26. The molecule has 1 aliphatic heterocycles. The molecule has 1 aromatic rings. The first-order valence-corrected chi connectivity index (χ1v) is 5.73. The van der Waals surface area contributed by atoms with Crippen LogP contribution in [0.5, 0.6) is 0 Å². The van der Waals surface area contributed by atoms with Crippen molar-refractivity contribution in [3.63, 3.8) is 0 Å². The molecule has 0 aromatic heterocycles. The monoisotopic (exact) mass is 233 g/mol. The summed E-state index contributed by atoms with van der Waals surface area (Å²) in [6, 6.07) is 9.55. The van der Waals surface area contributed by atoms with Gasteiger partial charge in [0, 0.05) is 13.0 Å². The van der Waals surface area contributed by atoms with Gasteiger partial charge in [0.25, 0.3) is 0 Å². The van der Waals surface area contributed by atoms with E-state index >= 15 is 0 Å². The number of nitrogens with one attached hydrogen (secondary N) is 1. The van der Waals surface area contributed by atoms with E-state index in [1.165, 1.54) is 0 Å². The number of carbonyl (C=O) groups excluding carboxylic acids is 2. The van der Waals surface area contributed by atoms with Crippen LogP contribution >= 0.6 is 0 Å². The summed E-state index contributed by atoms with van der Waals surface area (Å²) in [5.74, 6) is -0.200. The van der Waals surface area contributed by atoms with Gasteiger partial charge >= 0.3 is 5.97 Å². The van der Waals surface area contributed by atoms with E-state index in [4.69, 9.17) is 4.74 Å². The molecule has 1 unspecified atom stereocenters. The fraction of sp³-hybridized carbons (Fsp3) is 0.385. The topological polar surface area (TPSA) is 55.4 Å². The van der Waals surface area contributed by atoms with Crippen LogP contribution in [0.15, 0.2) is 30.3 Å². The average molecular weight is 233 g/mol. The first-order valence-electron chi connectivity index (χ1n) is 5.73. The highest BCUT2D eigenvalue weighted by Crippen LogP contribution is 2.13. The summed E-state index contributed by atoms with van der Waals surface area (Å²) in [5, 5.41) is 2.65. The lowest BCUT2D eigenvalue weighted by molar-refractivity contribution is -0.145. The minimum Gasteiger partial charge on any atom is -0.461 e. The zero-order valence-corrected chi connectivity index (χ0v) is 9.52. The first-order chi connectivity index (χ1) is 8.25. The van der Waals surface area contributed by atoms with Gasteiger partial charge in [0.1, 0.15) is 6.61 Å². The van der Waals surface area contributed by atoms with E-state index in [1.54, 1.807) is 0 Å². The van der Waals surface area contributed by atoms with Crippen LogP contribution in [0.4, 0.5) is 0 Å². The highest BCUT2D eigenvalue weighted by molar-refractivity contribution is 5.84. The van der Waals surface area contributed by atoms with E-state index in [2.05, 4.69) is 5.32 Å². The minimum absolute atomic E-state index is 0.000671. The smallest absolute Gasteiger partial charge is 0.306 e. The Balaban J connectivity index is 1.66. The molecule has 0 spiro atoms. The fourth-order valence-electron chi connectivity index (χ4n) is 1.67. The first kappa shape index (κ1) is 11.6. The van der Waals surface area contributed by atoms with Crippen LogP contribution in [0, 0.1) is 5.92 Å². The molecular weight excluding hydrogens is 218 g/mol. The molecule has 0 aliphatic carbocycles. The van der Waals surface area contributed by atoms with Gasteiger partial charge in [-0.15, -0.1) is 0 Å². The van der Waals surface area contributed by atoms with Crippen molar-refractivity contribution in [3.05, 3.63) is 35.9 Å². The van der Waals surface area contributed by atoms with Gasteiger partial charge in [-0.1, -0.05) is 30.3 Å². The zero-order chi connectivity index (χ0) is 12.1. The number of amides is 1. The third kappa shape index (κ3) is 3.31. The van der Waals surface area contributed by atoms with Gasteiger partial charge in [-0.3, -0.25) is 9.59 Å². The summed E-state index contributed by atoms with van der Waals surface area (Å²) in [7, 11) is 0. The number of hydrogen-bond donors (Lipinski definition) is 1. The highest BCUT2D eigenvalue weighted by atomic mass is 16.5. The Bertz CT molecular complexity index is 402. The lowest BCUT2D eigenvalue weighted by atomic mass is 9.96. The molecule has 1 N–H and O–H groups in total. The summed E-state index contributed by atoms with van der Waals surface area (Å²) in [6.45, 7) is 0.987. The normalized spacial score (nSPS) is 18.1. The summed E-state index contributed by atoms with van der Waals surface area (Å²) in [6.07, 6.45) is 0.893. The van der Waals surface area contributed by atoms with E-state index < -0.39 is 0 Å². The second kappa shape index (κ2) is 5.48. The largest absolute Gasteiger partial charge is 0.461 e. The van der Waals surface area contributed by atoms with Gasteiger partial charge in [0.05, 0.1) is 5.92 Å². The van der Waals surface area contributed by atoms with Crippen LogP contribution in [0.25, 0.3) is 0 Å². The lowest BCUT2D eigenvalue weighted by Gasteiger charge is -2.25. The summed E-state index contributed by atoms with van der Waals surface area (Å²) < 4.78 is 5.11. The summed E-state index contributed by atoms with van der Waals surface area (Å²) in [4.78, 5) is 22.4. The van der Waals surface area contributed by atoms with Gasteiger partial charge in [-0.2, -0.15) is 0 Å². The lowest BCUT2D eigenvalue weighted by Crippen LogP contribution is -2.48. The molecule has 1 aromatic carbocycles. The van der Waals surface area contributed by atoms with Crippen LogP contribution in [0.3, 0.4) is 0 Å². The molecule has 17 heavy (non-hydrogen) atoms. The number of ether oxygens (including phenoxy) is 1. The second-order valence-corrected chi connectivity index (χ2v) is 4.13. The van der Waals surface area contributed by atoms with E-state index in [0.29, 0.717) is 26.0 Å². The van der Waals surface area contributed by atoms with E-state index in [0.717, 1.165) is 5.56 Å². The van der Waals surface area contributed by atoms with Gasteiger partial charge < -0.3 is 10.1 Å². The van der Waals surface area contributed by atoms with Crippen molar-refractivity contribution in [3.8, 4) is 0 Å². The third-order valence-corrected chi connectivity index (χ3v) is 2.83. The molecule has 90 valence electrons. The molecule has 1 atom stereocenters. The van der Waals surface area contributed by atoms with Crippen molar-refractivity contribution in [2.75, 3.05) is 6.54 Å². The van der Waals surface area contributed by atoms with Gasteiger partial charge in [-0.25, -0.2) is 0 Å². The molecule has 0 radical (unpaired) electrons. The van der Waals surface area contributed by atoms with Gasteiger partial charge in [-0.05, 0) is 12.0 Å². The Hall–Kier alpha value is -1.84. The van der Waals surface area contributed by atoms with Crippen molar-refractivity contribution in [2.24, 2.45) is 5.92 Å². The molecule has 4 heteroatoms. The molecule has 0 bridgehead atoms. The average Bonchev–Trinajstić information content (AvgIpc) is 2.36. The Labute approximate surface area is 100.0 Å². The Morgan fingerprint density at radius 2 is 2.12 bits per heavy atom. The summed E-state index contributed by atoms with van der Waals surface area (Å²) in [5.41, 5.74) is 0.974. The maximum absolute atomic E-state index is 11.4. The molecule has 2 rings (SSSR count). The van der Waals surface area contributed by atoms with Crippen molar-refractivity contribution in [2.45, 2.75) is 19.4 Å². The molecule has 1 amide bonds. The number of rotatable bonds is 5. The zero-order valence-electron chi connectivity index (χ0n) is 9.52. The number of carbonyl (C=O) groups is 2. The number of esters is 1. The Morgan fingerprint density at radius 3 is 2.71 bits per heavy atom. The summed E-state index contributed by atoms with van der Waals surface area (Å²) >= 11 is 0. The molecule has 4 nitrogen and oxygen atoms in total. The van der Waals surface area contributed by atoms with Gasteiger partial charge in [0.15, 0.2) is 0 Å². The number of hydrogen-bond acceptors (Lipinski definition) is 3. The maximum Gasteiger partial charge on any atom is 0.306 e. The van der Waals surface area contributed by atoms with Crippen molar-refractivity contribution in [1.82, 2.24) is 5.32 Å². The molecule has 1 heterocycles. The van der Waals surface area contributed by atoms with Crippen LogP contribution < -0.4 is 5.32 Å². The molecule has 1 fully saturated rings. The quantitative estimate of drug-likeness (QED) is 0.615. The van der Waals surface area contributed by atoms with Crippen molar-refractivity contribution in [1.29, 1.82) is 0 Å². The van der Waals surface area contributed by atoms with E-state index in [9.17, 15) is 9.59 Å². The van der Waals surface area contributed by atoms with Crippen LogP contribution in [0.1, 0.15) is 18.4 Å². The standard InChI is InChI=1S/C13H15NO3/c15-12(7-6-11-8-14-13(11)16)17-9-10-4-2-1-3-5-10/h1-5,11H,6-9H2,(H,14,16). The highest BCUT2D eigenvalue weighted by Gasteiger charge is 2.27. The predicted molar refractivity (Wildman–Crippen MR) is 62.0 cm³/mol. The maximum atomic E-state index is 11.4. The molecular formula is C13H15NO3. The Morgan fingerprint density at radius 1 is 1.35 bits per heavy atom. The van der Waals surface area contributed by atoms with Gasteiger partial charge in [0.2, 0.25) is 5.91 Å². The Kier molecular flexibility index (Phi) is 3.75. The van der Waals surface area contributed by atoms with Crippen molar-refractivity contribution >= 4 is 11.9 Å². The van der Waals surface area contributed by atoms with Crippen molar-refractivity contribution < 1.29 is 14.3 Å². The number of β-lactam (4-membered cyclic amide) rings is 1. The van der Waals surface area contributed by atoms with Crippen LogP contribution in [-0.4, -0.2) is 18.4 Å². The second-order valence-electron chi connectivity index (χ2n) is 4.13. The molecule has 0 saturated carbocycles. The van der Waals surface area contributed by atoms with Crippen LogP contribution in [-0.2, 0) is 20.9 Å². The van der Waals surface area contributed by atoms with E-state index in [-0.39, 0.29) is 17.8 Å².